The molecule has 0 saturated carbocycles. The molecule has 0 unspecified atom stereocenters. The number of imidazole rings is 1. The maximum Gasteiger partial charge on any atom is 0.394 e. The quantitative estimate of drug-likeness (QED) is 0.502. The van der Waals surface area contributed by atoms with Crippen LogP contribution < -0.4 is 4.90 Å². The number of hydrogen-bond donors (Lipinski definition) is 0. The second-order valence-electron chi connectivity index (χ2n) is 9.52. The Labute approximate surface area is 186 Å². The first kappa shape index (κ1) is 22.2. The molecule has 0 N–H and O–H groups in total. The number of nitriles is 1. The summed E-state index contributed by atoms with van der Waals surface area (Å²) in [7, 11) is 0. The standard InChI is InChI=1S/C25H27F3N4/c1-24(2,3)21-7-5-4-6-19(21)17-8-11-31(12-9-17)22-10-13-32-18(14-25(26,27)28)16-30-23(32)20(22)15-29/h4-7,10,13,16-17H,8-9,11-12,14H2,1-3H3. The first-order valence-electron chi connectivity index (χ1n) is 10.9. The zero-order valence-corrected chi connectivity index (χ0v) is 18.6. The van der Waals surface area contributed by atoms with E-state index in [1.807, 2.05) is 0 Å². The van der Waals surface area contributed by atoms with E-state index in [2.05, 4.69) is 61.0 Å². The number of benzene rings is 1. The molecule has 0 spiro atoms. The summed E-state index contributed by atoms with van der Waals surface area (Å²) in [6, 6.07) is 12.5. The molecule has 3 aromatic rings. The van der Waals surface area contributed by atoms with Gasteiger partial charge in [0, 0.05) is 25.5 Å². The number of fused-ring (bicyclic) bond motifs is 1. The molecule has 1 aromatic carbocycles. The van der Waals surface area contributed by atoms with E-state index in [0.717, 1.165) is 31.6 Å². The topological polar surface area (TPSA) is 44.3 Å². The molecule has 0 atom stereocenters. The van der Waals surface area contributed by atoms with E-state index in [-0.39, 0.29) is 16.8 Å². The molecule has 4 nitrogen and oxygen atoms in total. The summed E-state index contributed by atoms with van der Waals surface area (Å²) >= 11 is 0. The molecule has 0 amide bonds. The fourth-order valence-corrected chi connectivity index (χ4v) is 4.76. The number of piperidine rings is 1. The number of halogens is 3. The highest BCUT2D eigenvalue weighted by molar-refractivity contribution is 5.71. The average molecular weight is 441 g/mol. The Bertz CT molecular complexity index is 1160. The first-order valence-corrected chi connectivity index (χ1v) is 10.9. The molecule has 168 valence electrons. The zero-order chi connectivity index (χ0) is 23.1. The summed E-state index contributed by atoms with van der Waals surface area (Å²) in [6.45, 7) is 8.25. The van der Waals surface area contributed by atoms with E-state index >= 15 is 0 Å². The van der Waals surface area contributed by atoms with Crippen LogP contribution >= 0.6 is 0 Å². The molecule has 7 heteroatoms. The smallest absolute Gasteiger partial charge is 0.370 e. The summed E-state index contributed by atoms with van der Waals surface area (Å²) in [5.41, 5.74) is 4.22. The van der Waals surface area contributed by atoms with Crippen molar-refractivity contribution in [1.29, 1.82) is 5.26 Å². The molecule has 3 heterocycles. The van der Waals surface area contributed by atoms with E-state index in [1.165, 1.54) is 21.7 Å². The van der Waals surface area contributed by atoms with Gasteiger partial charge in [-0.2, -0.15) is 18.4 Å². The molecule has 0 radical (unpaired) electrons. The van der Waals surface area contributed by atoms with Crippen LogP contribution in [0.5, 0.6) is 0 Å². The van der Waals surface area contributed by atoms with Gasteiger partial charge in [0.25, 0.3) is 0 Å². The third-order valence-electron chi connectivity index (χ3n) is 6.27. The van der Waals surface area contributed by atoms with E-state index in [1.54, 1.807) is 12.3 Å². The summed E-state index contributed by atoms with van der Waals surface area (Å²) in [6.07, 6.45) is -0.679. The molecule has 4 rings (SSSR count). The van der Waals surface area contributed by atoms with Crippen molar-refractivity contribution < 1.29 is 13.2 Å². The molecule has 2 aromatic heterocycles. The lowest BCUT2D eigenvalue weighted by molar-refractivity contribution is -0.127. The number of alkyl halides is 3. The zero-order valence-electron chi connectivity index (χ0n) is 18.6. The molecule has 1 aliphatic heterocycles. The van der Waals surface area contributed by atoms with E-state index in [9.17, 15) is 18.4 Å². The van der Waals surface area contributed by atoms with Crippen LogP contribution in [-0.2, 0) is 11.8 Å². The van der Waals surface area contributed by atoms with Gasteiger partial charge in [-0.1, -0.05) is 45.0 Å². The van der Waals surface area contributed by atoms with Crippen LogP contribution in [0.1, 0.15) is 61.9 Å². The number of anilines is 1. The molecule has 1 fully saturated rings. The molecule has 32 heavy (non-hydrogen) atoms. The van der Waals surface area contributed by atoms with Crippen molar-refractivity contribution in [2.75, 3.05) is 18.0 Å². The fraction of sp³-hybridized carbons (Fsp3) is 0.440. The Kier molecular flexibility index (Phi) is 5.66. The summed E-state index contributed by atoms with van der Waals surface area (Å²) < 4.78 is 40.0. The van der Waals surface area contributed by atoms with Crippen molar-refractivity contribution in [2.24, 2.45) is 0 Å². The van der Waals surface area contributed by atoms with Crippen molar-refractivity contribution in [1.82, 2.24) is 9.38 Å². The van der Waals surface area contributed by atoms with Crippen molar-refractivity contribution in [3.63, 3.8) is 0 Å². The van der Waals surface area contributed by atoms with E-state index in [0.29, 0.717) is 11.5 Å². The highest BCUT2D eigenvalue weighted by atomic mass is 19.4. The highest BCUT2D eigenvalue weighted by Crippen LogP contribution is 2.37. The van der Waals surface area contributed by atoms with Crippen molar-refractivity contribution in [3.8, 4) is 6.07 Å². The number of hydrogen-bond acceptors (Lipinski definition) is 3. The Hall–Kier alpha value is -3.01. The van der Waals surface area contributed by atoms with Gasteiger partial charge in [-0.05, 0) is 41.4 Å². The highest BCUT2D eigenvalue weighted by Gasteiger charge is 2.31. The number of rotatable bonds is 3. The predicted molar refractivity (Wildman–Crippen MR) is 119 cm³/mol. The summed E-state index contributed by atoms with van der Waals surface area (Å²) in [5.74, 6) is 0.445. The summed E-state index contributed by atoms with van der Waals surface area (Å²) in [5, 5.41) is 9.79. The van der Waals surface area contributed by atoms with Gasteiger partial charge in [0.15, 0.2) is 5.65 Å². The van der Waals surface area contributed by atoms with Crippen molar-refractivity contribution in [3.05, 3.63) is 65.1 Å². The molecule has 0 aliphatic carbocycles. The number of pyridine rings is 1. The van der Waals surface area contributed by atoms with Crippen LogP contribution in [0.25, 0.3) is 5.65 Å². The monoisotopic (exact) mass is 440 g/mol. The second kappa shape index (κ2) is 8.16. The SMILES string of the molecule is CC(C)(C)c1ccccc1C1CCN(c2ccn3c(CC(F)(F)F)cnc3c2C#N)CC1. The minimum absolute atomic E-state index is 0.0352. The van der Waals surface area contributed by atoms with Crippen molar-refractivity contribution in [2.45, 2.75) is 57.5 Å². The third kappa shape index (κ3) is 4.32. The molecular formula is C25H27F3N4. The Balaban J connectivity index is 1.58. The lowest BCUT2D eigenvalue weighted by atomic mass is 9.77. The molecule has 0 bridgehead atoms. The maximum absolute atomic E-state index is 12.9. The van der Waals surface area contributed by atoms with Crippen LogP contribution in [0, 0.1) is 11.3 Å². The lowest BCUT2D eigenvalue weighted by Gasteiger charge is -2.36. The first-order chi connectivity index (χ1) is 15.1. The lowest BCUT2D eigenvalue weighted by Crippen LogP contribution is -2.34. The third-order valence-corrected chi connectivity index (χ3v) is 6.27. The largest absolute Gasteiger partial charge is 0.394 e. The Morgan fingerprint density at radius 2 is 1.78 bits per heavy atom. The average Bonchev–Trinajstić information content (AvgIpc) is 3.14. The minimum Gasteiger partial charge on any atom is -0.370 e. The normalized spacial score (nSPS) is 15.8. The number of nitrogens with zero attached hydrogens (tertiary/aromatic N) is 4. The number of aromatic nitrogens is 2. The predicted octanol–water partition coefficient (Wildman–Crippen LogP) is 5.99. The van der Waals surface area contributed by atoms with Gasteiger partial charge in [0.05, 0.1) is 17.8 Å². The Morgan fingerprint density at radius 1 is 1.09 bits per heavy atom. The second-order valence-corrected chi connectivity index (χ2v) is 9.52. The van der Waals surface area contributed by atoms with Crippen LogP contribution in [0.2, 0.25) is 0 Å². The van der Waals surface area contributed by atoms with Crippen LogP contribution in [0.4, 0.5) is 18.9 Å². The van der Waals surface area contributed by atoms with Gasteiger partial charge in [-0.25, -0.2) is 4.98 Å². The Morgan fingerprint density at radius 3 is 2.41 bits per heavy atom. The fourth-order valence-electron chi connectivity index (χ4n) is 4.76. The van der Waals surface area contributed by atoms with Gasteiger partial charge < -0.3 is 9.30 Å². The van der Waals surface area contributed by atoms with Crippen LogP contribution in [0.15, 0.2) is 42.7 Å². The maximum atomic E-state index is 12.9. The van der Waals surface area contributed by atoms with Gasteiger partial charge in [0.2, 0.25) is 0 Å². The van der Waals surface area contributed by atoms with Gasteiger partial charge in [0.1, 0.15) is 11.6 Å². The molecule has 1 saturated heterocycles. The summed E-state index contributed by atoms with van der Waals surface area (Å²) in [4.78, 5) is 6.30. The van der Waals surface area contributed by atoms with Crippen LogP contribution in [-0.4, -0.2) is 28.7 Å². The minimum atomic E-state index is -4.33. The van der Waals surface area contributed by atoms with E-state index in [4.69, 9.17) is 0 Å². The van der Waals surface area contributed by atoms with Crippen LogP contribution in [0.3, 0.4) is 0 Å². The molecule has 1 aliphatic rings. The van der Waals surface area contributed by atoms with Crippen molar-refractivity contribution >= 4 is 11.3 Å². The van der Waals surface area contributed by atoms with Gasteiger partial charge in [-0.3, -0.25) is 0 Å². The van der Waals surface area contributed by atoms with Gasteiger partial charge in [-0.15, -0.1) is 0 Å². The molecular weight excluding hydrogens is 413 g/mol. The van der Waals surface area contributed by atoms with Gasteiger partial charge >= 0.3 is 6.18 Å². The van der Waals surface area contributed by atoms with E-state index < -0.39 is 12.6 Å².